The molecule has 0 bridgehead atoms. The minimum Gasteiger partial charge on any atom is -0.362 e. The van der Waals surface area contributed by atoms with Crippen molar-refractivity contribution in [2.45, 2.75) is 58.8 Å². The van der Waals surface area contributed by atoms with E-state index < -0.39 is 0 Å². The van der Waals surface area contributed by atoms with Crippen LogP contribution in [0.3, 0.4) is 0 Å². The molecule has 2 aromatic heterocycles. The second kappa shape index (κ2) is 8.00. The second-order valence-electron chi connectivity index (χ2n) is 7.71. The highest BCUT2D eigenvalue weighted by atomic mass is 16.5. The fourth-order valence-electron chi connectivity index (χ4n) is 4.24. The Bertz CT molecular complexity index is 810. The molecule has 4 rings (SSSR count). The molecule has 2 fully saturated rings. The molecule has 9 heteroatoms. The summed E-state index contributed by atoms with van der Waals surface area (Å²) >= 11 is 0. The fraction of sp³-hybridized carbons (Fsp3) is 0.684. The highest BCUT2D eigenvalue weighted by Crippen LogP contribution is 2.56. The molecule has 1 N–H and O–H groups in total. The zero-order valence-corrected chi connectivity index (χ0v) is 16.6. The van der Waals surface area contributed by atoms with E-state index in [1.165, 1.54) is 0 Å². The van der Waals surface area contributed by atoms with Gasteiger partial charge >= 0.3 is 0 Å². The number of aromatic nitrogens is 4. The Morgan fingerprint density at radius 2 is 2.29 bits per heavy atom. The van der Waals surface area contributed by atoms with Crippen molar-refractivity contribution in [2.75, 3.05) is 19.7 Å². The molecule has 1 spiro atoms. The summed E-state index contributed by atoms with van der Waals surface area (Å²) in [5.74, 6) is 1.85. The molecular weight excluding hydrogens is 360 g/mol. The number of nitrogens with zero attached hydrogens (tertiary/aromatic N) is 5. The molecule has 1 saturated heterocycles. The number of carbonyl (C=O) groups is 1. The molecule has 3 heterocycles. The van der Waals surface area contributed by atoms with E-state index in [4.69, 9.17) is 9.26 Å². The first kappa shape index (κ1) is 19.1. The van der Waals surface area contributed by atoms with E-state index in [1.807, 2.05) is 11.1 Å². The van der Waals surface area contributed by atoms with Gasteiger partial charge in [-0.2, -0.15) is 4.98 Å². The van der Waals surface area contributed by atoms with Crippen LogP contribution in [-0.2, 0) is 29.2 Å². The van der Waals surface area contributed by atoms with Crippen LogP contribution in [0.2, 0.25) is 0 Å². The summed E-state index contributed by atoms with van der Waals surface area (Å²) < 4.78 is 12.7. The van der Waals surface area contributed by atoms with Gasteiger partial charge in [-0.1, -0.05) is 5.16 Å². The van der Waals surface area contributed by atoms with Crippen molar-refractivity contribution in [3.8, 4) is 0 Å². The van der Waals surface area contributed by atoms with Crippen LogP contribution in [0.15, 0.2) is 16.9 Å². The van der Waals surface area contributed by atoms with Crippen molar-refractivity contribution in [2.24, 2.45) is 5.41 Å². The van der Waals surface area contributed by atoms with Gasteiger partial charge in [0.1, 0.15) is 19.0 Å². The van der Waals surface area contributed by atoms with Crippen molar-refractivity contribution in [3.05, 3.63) is 29.9 Å². The lowest BCUT2D eigenvalue weighted by Gasteiger charge is -2.29. The third-order valence-electron chi connectivity index (χ3n) is 5.92. The lowest BCUT2D eigenvalue weighted by molar-refractivity contribution is -0.139. The predicted molar refractivity (Wildman–Crippen MR) is 100 cm³/mol. The van der Waals surface area contributed by atoms with Crippen LogP contribution in [0.4, 0.5) is 0 Å². The fourth-order valence-corrected chi connectivity index (χ4v) is 4.24. The summed E-state index contributed by atoms with van der Waals surface area (Å²) in [7, 11) is 0. The molecular formula is C19H28N6O3. The summed E-state index contributed by atoms with van der Waals surface area (Å²) in [5, 5.41) is 7.15. The van der Waals surface area contributed by atoms with Gasteiger partial charge in [0, 0.05) is 25.0 Å². The number of piperidine rings is 1. The Morgan fingerprint density at radius 1 is 1.46 bits per heavy atom. The number of aryl methyl sites for hydroxylation is 2. The molecule has 2 aliphatic rings. The highest BCUT2D eigenvalue weighted by Gasteiger charge is 2.57. The van der Waals surface area contributed by atoms with Gasteiger partial charge < -0.3 is 24.0 Å². The van der Waals surface area contributed by atoms with E-state index >= 15 is 0 Å². The van der Waals surface area contributed by atoms with Crippen LogP contribution < -0.4 is 5.32 Å². The van der Waals surface area contributed by atoms with Gasteiger partial charge in [0.2, 0.25) is 5.91 Å². The summed E-state index contributed by atoms with van der Waals surface area (Å²) in [4.78, 5) is 23.6. The minimum absolute atomic E-state index is 0.000902. The number of nitrogens with one attached hydrogen (secondary N) is 1. The topological polar surface area (TPSA) is 98.3 Å². The molecule has 2 aromatic rings. The summed E-state index contributed by atoms with van der Waals surface area (Å²) in [6, 6.07) is 0.262. The minimum atomic E-state index is -0.0118. The Labute approximate surface area is 164 Å². The van der Waals surface area contributed by atoms with Gasteiger partial charge in [-0.25, -0.2) is 4.98 Å². The van der Waals surface area contributed by atoms with Crippen LogP contribution in [0.1, 0.15) is 43.7 Å². The number of imidazole rings is 1. The summed E-state index contributed by atoms with van der Waals surface area (Å²) in [6.07, 6.45) is 7.05. The quantitative estimate of drug-likeness (QED) is 0.727. The first-order valence-corrected chi connectivity index (χ1v) is 9.98. The SMILES string of the molecule is CCn1ccnc1CN(C(=O)COCc1nc(C)no1)C1CC12CCNCC2. The van der Waals surface area contributed by atoms with Crippen LogP contribution >= 0.6 is 0 Å². The van der Waals surface area contributed by atoms with Crippen molar-refractivity contribution in [1.82, 2.24) is 29.9 Å². The van der Waals surface area contributed by atoms with Gasteiger partial charge in [0.15, 0.2) is 5.82 Å². The molecule has 1 atom stereocenters. The van der Waals surface area contributed by atoms with E-state index in [0.29, 0.717) is 18.3 Å². The van der Waals surface area contributed by atoms with Crippen LogP contribution in [0.25, 0.3) is 0 Å². The third kappa shape index (κ3) is 3.95. The molecule has 1 amide bonds. The normalized spacial score (nSPS) is 20.4. The Morgan fingerprint density at radius 3 is 3.00 bits per heavy atom. The number of amides is 1. The molecule has 1 unspecified atom stereocenters. The molecule has 1 aliphatic carbocycles. The van der Waals surface area contributed by atoms with Gasteiger partial charge in [-0.05, 0) is 51.6 Å². The van der Waals surface area contributed by atoms with Crippen molar-refractivity contribution < 1.29 is 14.1 Å². The van der Waals surface area contributed by atoms with E-state index in [-0.39, 0.29) is 30.6 Å². The monoisotopic (exact) mass is 388 g/mol. The van der Waals surface area contributed by atoms with E-state index in [9.17, 15) is 4.79 Å². The van der Waals surface area contributed by atoms with Gasteiger partial charge in [-0.3, -0.25) is 4.79 Å². The summed E-state index contributed by atoms with van der Waals surface area (Å²) in [5.41, 5.74) is 0.258. The zero-order valence-electron chi connectivity index (χ0n) is 16.6. The first-order valence-electron chi connectivity index (χ1n) is 9.98. The van der Waals surface area contributed by atoms with Crippen LogP contribution in [0, 0.1) is 12.3 Å². The maximum Gasteiger partial charge on any atom is 0.252 e. The van der Waals surface area contributed by atoms with Crippen LogP contribution in [0.5, 0.6) is 0 Å². The number of hydrogen-bond acceptors (Lipinski definition) is 7. The van der Waals surface area contributed by atoms with Crippen LogP contribution in [-0.4, -0.2) is 56.2 Å². The van der Waals surface area contributed by atoms with Gasteiger partial charge in [0.25, 0.3) is 5.89 Å². The number of hydrogen-bond donors (Lipinski definition) is 1. The lowest BCUT2D eigenvalue weighted by Crippen LogP contribution is -2.41. The molecule has 9 nitrogen and oxygen atoms in total. The lowest BCUT2D eigenvalue weighted by atomic mass is 9.93. The second-order valence-corrected chi connectivity index (χ2v) is 7.71. The molecule has 0 aromatic carbocycles. The highest BCUT2D eigenvalue weighted by molar-refractivity contribution is 5.78. The van der Waals surface area contributed by atoms with Crippen molar-refractivity contribution in [1.29, 1.82) is 0 Å². The number of rotatable bonds is 8. The molecule has 1 aliphatic heterocycles. The smallest absolute Gasteiger partial charge is 0.252 e. The maximum absolute atomic E-state index is 13.1. The first-order chi connectivity index (χ1) is 13.6. The van der Waals surface area contributed by atoms with Crippen molar-refractivity contribution >= 4 is 5.91 Å². The third-order valence-corrected chi connectivity index (χ3v) is 5.92. The van der Waals surface area contributed by atoms with E-state index in [0.717, 1.165) is 44.7 Å². The number of ether oxygens (including phenoxy) is 1. The predicted octanol–water partition coefficient (Wildman–Crippen LogP) is 1.28. The van der Waals surface area contributed by atoms with Gasteiger partial charge in [-0.15, -0.1) is 0 Å². The largest absolute Gasteiger partial charge is 0.362 e. The molecule has 152 valence electrons. The summed E-state index contributed by atoms with van der Waals surface area (Å²) in [6.45, 7) is 7.37. The zero-order chi connectivity index (χ0) is 19.6. The molecule has 28 heavy (non-hydrogen) atoms. The number of carbonyl (C=O) groups excluding carboxylic acids is 1. The molecule has 1 saturated carbocycles. The Kier molecular flexibility index (Phi) is 5.45. The Balaban J connectivity index is 1.42. The standard InChI is InChI=1S/C19H28N6O3/c1-3-24-9-8-21-16(24)11-25(15-10-19(15)4-6-20-7-5-19)18(26)13-27-12-17-22-14(2)23-28-17/h8-9,15,20H,3-7,10-13H2,1-2H3. The molecule has 0 radical (unpaired) electrons. The average molecular weight is 388 g/mol. The average Bonchev–Trinajstić information content (AvgIpc) is 3.03. The van der Waals surface area contributed by atoms with E-state index in [1.54, 1.807) is 13.1 Å². The van der Waals surface area contributed by atoms with Gasteiger partial charge in [0.05, 0.1) is 6.54 Å². The van der Waals surface area contributed by atoms with Crippen molar-refractivity contribution in [3.63, 3.8) is 0 Å². The Hall–Kier alpha value is -2.26. The maximum atomic E-state index is 13.1. The van der Waals surface area contributed by atoms with E-state index in [2.05, 4.69) is 31.9 Å².